The molecule has 2 aromatic rings. The van der Waals surface area contributed by atoms with Crippen LogP contribution in [0.15, 0.2) is 35.8 Å². The van der Waals surface area contributed by atoms with Crippen LogP contribution in [0.25, 0.3) is 0 Å². The van der Waals surface area contributed by atoms with Gasteiger partial charge in [-0.3, -0.25) is 0 Å². The average molecular weight is 286 g/mol. The first-order chi connectivity index (χ1) is 9.44. The zero-order valence-corrected chi connectivity index (χ0v) is 13.2. The van der Waals surface area contributed by atoms with Crippen molar-refractivity contribution in [3.05, 3.63) is 42.2 Å². The minimum atomic E-state index is -1.68. The molecule has 0 radical (unpaired) electrons. The van der Waals surface area contributed by atoms with Crippen LogP contribution < -0.4 is 4.43 Å². The van der Waals surface area contributed by atoms with Gasteiger partial charge in [0.2, 0.25) is 8.32 Å². The summed E-state index contributed by atoms with van der Waals surface area (Å²) in [5, 5.41) is 0. The van der Waals surface area contributed by atoms with Crippen molar-refractivity contribution in [3.8, 4) is 5.75 Å². The monoisotopic (exact) mass is 286 g/mol. The number of hydrogen-bond donors (Lipinski definition) is 0. The Kier molecular flexibility index (Phi) is 4.24. The molecule has 0 unspecified atom stereocenters. The Labute approximate surface area is 119 Å². The predicted octanol–water partition coefficient (Wildman–Crippen LogP) is 3.14. The molecule has 2 rings (SSSR count). The van der Waals surface area contributed by atoms with E-state index >= 15 is 0 Å². The third kappa shape index (κ3) is 4.24. The Morgan fingerprint density at radius 2 is 1.85 bits per heavy atom. The molecule has 0 bridgehead atoms. The number of aromatic nitrogens is 3. The van der Waals surface area contributed by atoms with Crippen LogP contribution in [0.3, 0.4) is 0 Å². The fourth-order valence-electron chi connectivity index (χ4n) is 1.58. The molecule has 0 amide bonds. The van der Waals surface area contributed by atoms with Crippen LogP contribution in [0.4, 0.5) is 5.69 Å². The van der Waals surface area contributed by atoms with Crippen molar-refractivity contribution in [1.82, 2.24) is 15.0 Å². The standard InChI is InChI=1S/C14H18N4OSi/c1-11-5-6-12(13(7-11)19-20(2,3)4)16-8-14-17-9-15-10-18-14/h5-10H,1-4H3. The molecule has 0 spiro atoms. The third-order valence-electron chi connectivity index (χ3n) is 2.36. The highest BCUT2D eigenvalue weighted by Crippen LogP contribution is 2.30. The lowest BCUT2D eigenvalue weighted by atomic mass is 10.2. The van der Waals surface area contributed by atoms with E-state index in [4.69, 9.17) is 4.43 Å². The normalized spacial score (nSPS) is 11.8. The lowest BCUT2D eigenvalue weighted by Crippen LogP contribution is -2.29. The number of hydrogen-bond acceptors (Lipinski definition) is 5. The van der Waals surface area contributed by atoms with Crippen molar-refractivity contribution in [3.63, 3.8) is 0 Å². The highest BCUT2D eigenvalue weighted by Gasteiger charge is 2.18. The molecule has 20 heavy (non-hydrogen) atoms. The zero-order valence-electron chi connectivity index (χ0n) is 12.2. The van der Waals surface area contributed by atoms with Gasteiger partial charge in [0.1, 0.15) is 24.1 Å². The fourth-order valence-corrected chi connectivity index (χ4v) is 2.40. The van der Waals surface area contributed by atoms with E-state index in [0.717, 1.165) is 17.0 Å². The van der Waals surface area contributed by atoms with E-state index in [0.29, 0.717) is 5.82 Å². The highest BCUT2D eigenvalue weighted by atomic mass is 28.4. The summed E-state index contributed by atoms with van der Waals surface area (Å²) >= 11 is 0. The summed E-state index contributed by atoms with van der Waals surface area (Å²) in [6.45, 7) is 8.48. The summed E-state index contributed by atoms with van der Waals surface area (Å²) in [4.78, 5) is 16.2. The van der Waals surface area contributed by atoms with Gasteiger partial charge in [-0.2, -0.15) is 0 Å². The van der Waals surface area contributed by atoms with Crippen molar-refractivity contribution >= 4 is 20.2 Å². The molecule has 0 atom stereocenters. The van der Waals surface area contributed by atoms with Crippen LogP contribution in [0.1, 0.15) is 11.4 Å². The van der Waals surface area contributed by atoms with Gasteiger partial charge < -0.3 is 4.43 Å². The van der Waals surface area contributed by atoms with E-state index < -0.39 is 8.32 Å². The Morgan fingerprint density at radius 3 is 2.50 bits per heavy atom. The van der Waals surface area contributed by atoms with Crippen LogP contribution in [0.5, 0.6) is 5.75 Å². The Bertz CT molecular complexity index is 608. The summed E-state index contributed by atoms with van der Waals surface area (Å²) < 4.78 is 6.07. The second kappa shape index (κ2) is 5.92. The molecule has 0 fully saturated rings. The Hall–Kier alpha value is -2.08. The molecule has 0 saturated carbocycles. The molecule has 6 heteroatoms. The summed E-state index contributed by atoms with van der Waals surface area (Å²) in [6.07, 6.45) is 4.51. The number of rotatable bonds is 4. The average Bonchev–Trinajstić information content (AvgIpc) is 2.37. The second-order valence-electron chi connectivity index (χ2n) is 5.44. The first-order valence-corrected chi connectivity index (χ1v) is 9.81. The largest absolute Gasteiger partial charge is 0.543 e. The predicted molar refractivity (Wildman–Crippen MR) is 82.2 cm³/mol. The van der Waals surface area contributed by atoms with Crippen LogP contribution >= 0.6 is 0 Å². The lowest BCUT2D eigenvalue weighted by Gasteiger charge is -2.20. The lowest BCUT2D eigenvalue weighted by molar-refractivity contribution is 0.558. The third-order valence-corrected chi connectivity index (χ3v) is 3.20. The Balaban J connectivity index is 2.29. The maximum Gasteiger partial charge on any atom is 0.242 e. The number of benzene rings is 1. The topological polar surface area (TPSA) is 60.3 Å². The van der Waals surface area contributed by atoms with E-state index in [-0.39, 0.29) is 0 Å². The van der Waals surface area contributed by atoms with Gasteiger partial charge in [-0.1, -0.05) is 6.07 Å². The SMILES string of the molecule is Cc1ccc(N=Cc2ncncn2)c(O[Si](C)(C)C)c1. The van der Waals surface area contributed by atoms with Gasteiger partial charge in [-0.15, -0.1) is 0 Å². The van der Waals surface area contributed by atoms with E-state index in [2.05, 4.69) is 39.6 Å². The highest BCUT2D eigenvalue weighted by molar-refractivity contribution is 6.70. The molecule has 1 aromatic heterocycles. The quantitative estimate of drug-likeness (QED) is 0.640. The molecule has 0 N–H and O–H groups in total. The molecule has 0 aliphatic carbocycles. The van der Waals surface area contributed by atoms with Crippen molar-refractivity contribution in [2.24, 2.45) is 4.99 Å². The van der Waals surface area contributed by atoms with Crippen molar-refractivity contribution < 1.29 is 4.43 Å². The number of nitrogens with zero attached hydrogens (tertiary/aromatic N) is 4. The fraction of sp³-hybridized carbons (Fsp3) is 0.286. The number of aryl methyl sites for hydroxylation is 1. The molecular weight excluding hydrogens is 268 g/mol. The summed E-state index contributed by atoms with van der Waals surface area (Å²) in [5.41, 5.74) is 1.94. The molecule has 5 nitrogen and oxygen atoms in total. The first-order valence-electron chi connectivity index (χ1n) is 6.40. The summed E-state index contributed by atoms with van der Waals surface area (Å²) in [7, 11) is -1.68. The van der Waals surface area contributed by atoms with Gasteiger partial charge in [-0.05, 0) is 44.3 Å². The van der Waals surface area contributed by atoms with E-state index in [9.17, 15) is 0 Å². The van der Waals surface area contributed by atoms with E-state index in [1.807, 2.05) is 25.1 Å². The van der Waals surface area contributed by atoms with Crippen molar-refractivity contribution in [2.45, 2.75) is 26.6 Å². The zero-order chi connectivity index (χ0) is 14.6. The van der Waals surface area contributed by atoms with Gasteiger partial charge in [0.05, 0.1) is 6.21 Å². The first kappa shape index (κ1) is 14.3. The molecule has 104 valence electrons. The number of aliphatic imine (C=N–C) groups is 1. The molecular formula is C14H18N4OSi. The molecule has 1 aromatic carbocycles. The summed E-state index contributed by atoms with van der Waals surface area (Å²) in [5.74, 6) is 1.34. The van der Waals surface area contributed by atoms with E-state index in [1.54, 1.807) is 6.21 Å². The molecule has 0 saturated heterocycles. The van der Waals surface area contributed by atoms with Crippen molar-refractivity contribution in [2.75, 3.05) is 0 Å². The van der Waals surface area contributed by atoms with Crippen LogP contribution in [0, 0.1) is 6.92 Å². The second-order valence-corrected chi connectivity index (χ2v) is 9.87. The molecule has 0 aliphatic heterocycles. The Morgan fingerprint density at radius 1 is 1.15 bits per heavy atom. The summed E-state index contributed by atoms with van der Waals surface area (Å²) in [6, 6.07) is 5.97. The minimum absolute atomic E-state index is 0.527. The van der Waals surface area contributed by atoms with Gasteiger partial charge in [0.25, 0.3) is 0 Å². The van der Waals surface area contributed by atoms with Crippen molar-refractivity contribution in [1.29, 1.82) is 0 Å². The van der Waals surface area contributed by atoms with E-state index in [1.165, 1.54) is 12.7 Å². The van der Waals surface area contributed by atoms with Gasteiger partial charge in [0, 0.05) is 0 Å². The smallest absolute Gasteiger partial charge is 0.242 e. The minimum Gasteiger partial charge on any atom is -0.543 e. The van der Waals surface area contributed by atoms with Crippen LogP contribution in [0.2, 0.25) is 19.6 Å². The maximum atomic E-state index is 6.07. The van der Waals surface area contributed by atoms with Gasteiger partial charge in [0.15, 0.2) is 5.82 Å². The maximum absolute atomic E-state index is 6.07. The van der Waals surface area contributed by atoms with Gasteiger partial charge >= 0.3 is 0 Å². The molecule has 0 aliphatic rings. The molecule has 1 heterocycles. The van der Waals surface area contributed by atoms with Crippen LogP contribution in [-0.2, 0) is 0 Å². The van der Waals surface area contributed by atoms with Gasteiger partial charge in [-0.25, -0.2) is 19.9 Å². The van der Waals surface area contributed by atoms with Crippen LogP contribution in [-0.4, -0.2) is 29.5 Å².